The summed E-state index contributed by atoms with van der Waals surface area (Å²) >= 11 is 0. The molecule has 0 unspecified atom stereocenters. The first kappa shape index (κ1) is 13.0. The number of terminal acetylenes is 1. The fourth-order valence-corrected chi connectivity index (χ4v) is 1.15. The highest BCUT2D eigenvalue weighted by molar-refractivity contribution is 4.91. The largest absolute Gasteiger partial charge is 0.317 e. The van der Waals surface area contributed by atoms with Gasteiger partial charge in [-0.3, -0.25) is 0 Å². The van der Waals surface area contributed by atoms with Crippen LogP contribution in [-0.2, 0) is 0 Å². The Morgan fingerprint density at radius 3 is 2.50 bits per heavy atom. The quantitative estimate of drug-likeness (QED) is 0.496. The van der Waals surface area contributed by atoms with Crippen LogP contribution in [0.4, 0.5) is 0 Å². The van der Waals surface area contributed by atoms with Crippen molar-refractivity contribution in [3.8, 4) is 18.4 Å². The van der Waals surface area contributed by atoms with Crippen molar-refractivity contribution >= 4 is 0 Å². The number of nitrogens with one attached hydrogen (secondary N) is 1. The minimum atomic E-state index is -0.180. The van der Waals surface area contributed by atoms with Crippen LogP contribution in [0.25, 0.3) is 0 Å². The first-order valence-electron chi connectivity index (χ1n) is 5.18. The summed E-state index contributed by atoms with van der Waals surface area (Å²) in [7, 11) is 0. The lowest BCUT2D eigenvalue weighted by Gasteiger charge is -2.14. The normalized spacial score (nSPS) is 10.6. The van der Waals surface area contributed by atoms with Gasteiger partial charge in [0.05, 0.1) is 11.5 Å². The molecule has 2 heteroatoms. The van der Waals surface area contributed by atoms with Crippen LogP contribution >= 0.6 is 0 Å². The van der Waals surface area contributed by atoms with Crippen LogP contribution in [-0.4, -0.2) is 13.1 Å². The Labute approximate surface area is 87.7 Å². The molecule has 0 aliphatic carbocycles. The summed E-state index contributed by atoms with van der Waals surface area (Å²) in [5.41, 5.74) is -0.180. The third-order valence-electron chi connectivity index (χ3n) is 2.13. The maximum absolute atomic E-state index is 8.77. The molecule has 0 atom stereocenters. The number of unbranched alkanes of at least 4 members (excludes halogenated alkanes) is 1. The van der Waals surface area contributed by atoms with Crippen LogP contribution in [0, 0.1) is 29.1 Å². The lowest BCUT2D eigenvalue weighted by Crippen LogP contribution is -2.19. The second-order valence-electron chi connectivity index (χ2n) is 4.16. The maximum Gasteiger partial charge on any atom is 0.0683 e. The molecule has 14 heavy (non-hydrogen) atoms. The van der Waals surface area contributed by atoms with Gasteiger partial charge in [-0.15, -0.1) is 12.3 Å². The SMILES string of the molecule is C#CCCCNCCCC(C)(C)C#N. The van der Waals surface area contributed by atoms with E-state index in [9.17, 15) is 0 Å². The second-order valence-corrected chi connectivity index (χ2v) is 4.16. The Kier molecular flexibility index (Phi) is 6.89. The summed E-state index contributed by atoms with van der Waals surface area (Å²) < 4.78 is 0. The first-order chi connectivity index (χ1) is 6.62. The van der Waals surface area contributed by atoms with Gasteiger partial charge in [0.2, 0.25) is 0 Å². The molecule has 0 aromatic carbocycles. The Balaban J connectivity index is 3.24. The molecule has 0 saturated heterocycles. The van der Waals surface area contributed by atoms with E-state index in [0.29, 0.717) is 0 Å². The number of hydrogen-bond donors (Lipinski definition) is 1. The Bertz CT molecular complexity index is 217. The summed E-state index contributed by atoms with van der Waals surface area (Å²) in [5, 5.41) is 12.1. The molecule has 0 bridgehead atoms. The molecule has 0 radical (unpaired) electrons. The van der Waals surface area contributed by atoms with E-state index in [-0.39, 0.29) is 5.41 Å². The standard InChI is InChI=1S/C12H20N2/c1-4-5-6-9-14-10-7-8-12(2,3)11-13/h1,14H,5-10H2,2-3H3. The summed E-state index contributed by atoms with van der Waals surface area (Å²) in [5.74, 6) is 2.61. The summed E-state index contributed by atoms with van der Waals surface area (Å²) in [6, 6.07) is 2.30. The fraction of sp³-hybridized carbons (Fsp3) is 0.750. The zero-order valence-corrected chi connectivity index (χ0v) is 9.27. The fourth-order valence-electron chi connectivity index (χ4n) is 1.15. The van der Waals surface area contributed by atoms with Crippen molar-refractivity contribution in [3.05, 3.63) is 0 Å². The highest BCUT2D eigenvalue weighted by Gasteiger charge is 2.14. The summed E-state index contributed by atoms with van der Waals surface area (Å²) in [6.07, 6.45) is 9.02. The van der Waals surface area contributed by atoms with Crippen LogP contribution in [0.3, 0.4) is 0 Å². The molecule has 0 aromatic heterocycles. The number of hydrogen-bond acceptors (Lipinski definition) is 2. The smallest absolute Gasteiger partial charge is 0.0683 e. The molecule has 0 amide bonds. The van der Waals surface area contributed by atoms with Gasteiger partial charge in [0.25, 0.3) is 0 Å². The van der Waals surface area contributed by atoms with E-state index in [1.165, 1.54) is 0 Å². The summed E-state index contributed by atoms with van der Waals surface area (Å²) in [6.45, 7) is 5.92. The van der Waals surface area contributed by atoms with Crippen molar-refractivity contribution in [2.45, 2.75) is 39.5 Å². The van der Waals surface area contributed by atoms with E-state index in [0.717, 1.165) is 38.8 Å². The molecule has 0 aliphatic heterocycles. The molecule has 78 valence electrons. The van der Waals surface area contributed by atoms with Crippen molar-refractivity contribution < 1.29 is 0 Å². The number of nitriles is 1. The van der Waals surface area contributed by atoms with Crippen LogP contribution in [0.1, 0.15) is 39.5 Å². The predicted molar refractivity (Wildman–Crippen MR) is 59.6 cm³/mol. The lowest BCUT2D eigenvalue weighted by molar-refractivity contribution is 0.426. The zero-order valence-electron chi connectivity index (χ0n) is 9.27. The van der Waals surface area contributed by atoms with Gasteiger partial charge in [0.15, 0.2) is 0 Å². The van der Waals surface area contributed by atoms with E-state index < -0.39 is 0 Å². The van der Waals surface area contributed by atoms with Gasteiger partial charge in [-0.05, 0) is 46.2 Å². The van der Waals surface area contributed by atoms with E-state index >= 15 is 0 Å². The van der Waals surface area contributed by atoms with Gasteiger partial charge >= 0.3 is 0 Å². The van der Waals surface area contributed by atoms with E-state index in [4.69, 9.17) is 11.7 Å². The molecule has 0 fully saturated rings. The maximum atomic E-state index is 8.77. The molecular formula is C12H20N2. The van der Waals surface area contributed by atoms with Gasteiger partial charge in [-0.2, -0.15) is 5.26 Å². The van der Waals surface area contributed by atoms with E-state index in [2.05, 4.69) is 17.3 Å². The van der Waals surface area contributed by atoms with Crippen LogP contribution < -0.4 is 5.32 Å². The van der Waals surface area contributed by atoms with Crippen LogP contribution in [0.15, 0.2) is 0 Å². The molecule has 0 aliphatic rings. The highest BCUT2D eigenvalue weighted by atomic mass is 14.8. The highest BCUT2D eigenvalue weighted by Crippen LogP contribution is 2.19. The van der Waals surface area contributed by atoms with Gasteiger partial charge in [-0.1, -0.05) is 0 Å². The molecule has 0 spiro atoms. The second kappa shape index (κ2) is 7.42. The Morgan fingerprint density at radius 2 is 1.93 bits per heavy atom. The number of nitrogens with zero attached hydrogens (tertiary/aromatic N) is 1. The van der Waals surface area contributed by atoms with Crippen LogP contribution in [0.5, 0.6) is 0 Å². The lowest BCUT2D eigenvalue weighted by atomic mass is 9.90. The van der Waals surface area contributed by atoms with Crippen molar-refractivity contribution in [3.63, 3.8) is 0 Å². The predicted octanol–water partition coefficient (Wildman–Crippen LogP) is 2.32. The van der Waals surface area contributed by atoms with Crippen LogP contribution in [0.2, 0.25) is 0 Å². The van der Waals surface area contributed by atoms with E-state index in [1.54, 1.807) is 0 Å². The third kappa shape index (κ3) is 7.65. The van der Waals surface area contributed by atoms with Crippen molar-refractivity contribution in [2.24, 2.45) is 5.41 Å². The molecule has 2 nitrogen and oxygen atoms in total. The molecule has 0 saturated carbocycles. The van der Waals surface area contributed by atoms with E-state index in [1.807, 2.05) is 13.8 Å². The van der Waals surface area contributed by atoms with Crippen molar-refractivity contribution in [2.75, 3.05) is 13.1 Å². The third-order valence-corrected chi connectivity index (χ3v) is 2.13. The average molecular weight is 192 g/mol. The molecular weight excluding hydrogens is 172 g/mol. The molecule has 0 aromatic rings. The van der Waals surface area contributed by atoms with Crippen molar-refractivity contribution in [1.82, 2.24) is 5.32 Å². The topological polar surface area (TPSA) is 35.8 Å². The minimum Gasteiger partial charge on any atom is -0.317 e. The first-order valence-corrected chi connectivity index (χ1v) is 5.18. The monoisotopic (exact) mass is 192 g/mol. The Morgan fingerprint density at radius 1 is 1.29 bits per heavy atom. The van der Waals surface area contributed by atoms with Gasteiger partial charge in [-0.25, -0.2) is 0 Å². The molecule has 1 N–H and O–H groups in total. The number of rotatable bonds is 7. The zero-order chi connectivity index (χ0) is 10.9. The van der Waals surface area contributed by atoms with Gasteiger partial charge in [0.1, 0.15) is 0 Å². The molecule has 0 rings (SSSR count). The Hall–Kier alpha value is -0.990. The minimum absolute atomic E-state index is 0.180. The van der Waals surface area contributed by atoms with Crippen molar-refractivity contribution in [1.29, 1.82) is 5.26 Å². The molecule has 0 heterocycles. The van der Waals surface area contributed by atoms with Gasteiger partial charge < -0.3 is 5.32 Å². The summed E-state index contributed by atoms with van der Waals surface area (Å²) in [4.78, 5) is 0. The van der Waals surface area contributed by atoms with Gasteiger partial charge in [0, 0.05) is 6.42 Å². The average Bonchev–Trinajstić information content (AvgIpc) is 2.16.